The highest BCUT2D eigenvalue weighted by Gasteiger charge is 2.14. The molecule has 0 nitrogen and oxygen atoms in total. The lowest BCUT2D eigenvalue weighted by Crippen LogP contribution is -2.10. The fraction of sp³-hybridized carbons (Fsp3) is 0.400. The molecule has 0 bridgehead atoms. The van der Waals surface area contributed by atoms with E-state index in [4.69, 9.17) is 25.3 Å². The molecule has 0 heterocycles. The van der Waals surface area contributed by atoms with Gasteiger partial charge < -0.3 is 0 Å². The van der Waals surface area contributed by atoms with E-state index < -0.39 is 0 Å². The molecule has 0 N–H and O–H groups in total. The van der Waals surface area contributed by atoms with Crippen molar-refractivity contribution in [3.8, 4) is 0 Å². The molecule has 0 aromatic heterocycles. The molecular formula is C10H12S2. The average molecular weight is 196 g/mol. The van der Waals surface area contributed by atoms with E-state index in [1.54, 1.807) is 0 Å². The van der Waals surface area contributed by atoms with Crippen molar-refractivity contribution in [1.82, 2.24) is 0 Å². The summed E-state index contributed by atoms with van der Waals surface area (Å²) in [5.41, 5.74) is 1.41. The summed E-state index contributed by atoms with van der Waals surface area (Å²) < 4.78 is 0. The summed E-state index contributed by atoms with van der Waals surface area (Å²) >= 11 is 10.1. The normalized spacial score (nSPS) is 11.6. The lowest BCUT2D eigenvalue weighted by Gasteiger charge is -2.19. The van der Waals surface area contributed by atoms with Crippen LogP contribution in [0.4, 0.5) is 0 Å². The number of hydrogen-bond donors (Lipinski definition) is 0. The van der Waals surface area contributed by atoms with E-state index in [9.17, 15) is 0 Å². The second kappa shape index (κ2) is 3.19. The smallest absolute Gasteiger partial charge is 0.0560 e. The van der Waals surface area contributed by atoms with E-state index in [1.807, 2.05) is 12.1 Å². The lowest BCUT2D eigenvalue weighted by molar-refractivity contribution is 0.588. The van der Waals surface area contributed by atoms with Crippen LogP contribution in [0.2, 0.25) is 0 Å². The van der Waals surface area contributed by atoms with Gasteiger partial charge in [-0.05, 0) is 23.1 Å². The molecule has 0 atom stereocenters. The van der Waals surface area contributed by atoms with Crippen molar-refractivity contribution >= 4 is 25.3 Å². The summed E-state index contributed by atoms with van der Waals surface area (Å²) in [6.07, 6.45) is 0. The molecule has 1 aromatic carbocycles. The molecule has 0 aliphatic carbocycles. The standard InChI is InChI=1S/C10H12S2/c1-10(2,3)7-4-5-8(11)9(12)6-7/h4-6H,1-3H3. The highest BCUT2D eigenvalue weighted by molar-refractivity contribution is 7.83. The van der Waals surface area contributed by atoms with Crippen LogP contribution in [-0.2, 0) is 5.41 Å². The first-order valence-electron chi connectivity index (χ1n) is 3.90. The Morgan fingerprint density at radius 2 is 1.58 bits per heavy atom. The molecule has 0 amide bonds. The Morgan fingerprint density at radius 3 is 2.00 bits per heavy atom. The Bertz CT molecular complexity index is 284. The molecule has 2 heteroatoms. The summed E-state index contributed by atoms with van der Waals surface area (Å²) in [4.78, 5) is 1.57. The maximum absolute atomic E-state index is 5.11. The van der Waals surface area contributed by atoms with Crippen molar-refractivity contribution in [3.63, 3.8) is 0 Å². The van der Waals surface area contributed by atoms with E-state index >= 15 is 0 Å². The zero-order valence-electron chi connectivity index (χ0n) is 7.55. The quantitative estimate of drug-likeness (QED) is 0.586. The Morgan fingerprint density at radius 1 is 1.00 bits per heavy atom. The van der Waals surface area contributed by atoms with Crippen molar-refractivity contribution in [2.75, 3.05) is 0 Å². The van der Waals surface area contributed by atoms with Crippen molar-refractivity contribution in [3.05, 3.63) is 23.8 Å². The third-order valence-electron chi connectivity index (χ3n) is 1.81. The summed E-state index contributed by atoms with van der Waals surface area (Å²) in [7, 11) is 0. The first-order chi connectivity index (χ1) is 5.41. The Balaban J connectivity index is 3.14. The largest absolute Gasteiger partial charge is 0.0785 e. The highest BCUT2D eigenvalue weighted by atomic mass is 32.1. The molecule has 64 valence electrons. The molecule has 0 unspecified atom stereocenters. The molecular weight excluding hydrogens is 184 g/mol. The van der Waals surface area contributed by atoms with Crippen LogP contribution in [0, 0.1) is 0 Å². The number of benzene rings is 1. The predicted octanol–water partition coefficient (Wildman–Crippen LogP) is 4.10. The van der Waals surface area contributed by atoms with Crippen LogP contribution in [0.15, 0.2) is 28.0 Å². The second-order valence-corrected chi connectivity index (χ2v) is 4.79. The summed E-state index contributed by atoms with van der Waals surface area (Å²) in [6, 6.07) is 5.97. The second-order valence-electron chi connectivity index (χ2n) is 3.91. The minimum absolute atomic E-state index is 0.163. The van der Waals surface area contributed by atoms with Crippen LogP contribution in [0.25, 0.3) is 0 Å². The third kappa shape index (κ3) is 2.08. The molecule has 0 aliphatic rings. The summed E-state index contributed by atoms with van der Waals surface area (Å²) in [5, 5.41) is 0. The molecule has 1 rings (SSSR count). The van der Waals surface area contributed by atoms with E-state index in [2.05, 4.69) is 26.8 Å². The highest BCUT2D eigenvalue weighted by Crippen LogP contribution is 2.27. The summed E-state index contributed by atoms with van der Waals surface area (Å²) in [6.45, 7) is 6.50. The van der Waals surface area contributed by atoms with Crippen molar-refractivity contribution < 1.29 is 0 Å². The molecule has 0 spiro atoms. The summed E-state index contributed by atoms with van der Waals surface area (Å²) in [5.74, 6) is 0. The SMILES string of the molecule is CC(C)(C)c1ccc([S])c([S])c1. The first kappa shape index (κ1) is 9.75. The maximum atomic E-state index is 5.11. The van der Waals surface area contributed by atoms with Crippen molar-refractivity contribution in [1.29, 1.82) is 0 Å². The van der Waals surface area contributed by atoms with Gasteiger partial charge in [-0.3, -0.25) is 0 Å². The topological polar surface area (TPSA) is 0 Å². The zero-order chi connectivity index (χ0) is 9.35. The van der Waals surface area contributed by atoms with Gasteiger partial charge in [-0.2, -0.15) is 0 Å². The predicted molar refractivity (Wildman–Crippen MR) is 56.9 cm³/mol. The van der Waals surface area contributed by atoms with Gasteiger partial charge >= 0.3 is 0 Å². The van der Waals surface area contributed by atoms with Gasteiger partial charge in [0.25, 0.3) is 0 Å². The monoisotopic (exact) mass is 196 g/mol. The van der Waals surface area contributed by atoms with Crippen LogP contribution in [0.1, 0.15) is 26.3 Å². The van der Waals surface area contributed by atoms with Crippen molar-refractivity contribution in [2.24, 2.45) is 0 Å². The van der Waals surface area contributed by atoms with Crippen LogP contribution < -0.4 is 0 Å². The van der Waals surface area contributed by atoms with Gasteiger partial charge in [-0.15, -0.1) is 0 Å². The minimum atomic E-state index is 0.163. The van der Waals surface area contributed by atoms with Gasteiger partial charge in [0.15, 0.2) is 0 Å². The van der Waals surface area contributed by atoms with E-state index in [0.717, 1.165) is 9.79 Å². The Kier molecular flexibility index (Phi) is 2.59. The molecule has 0 aliphatic heterocycles. The number of rotatable bonds is 0. The minimum Gasteiger partial charge on any atom is -0.0785 e. The maximum Gasteiger partial charge on any atom is 0.0560 e. The van der Waals surface area contributed by atoms with Gasteiger partial charge in [0.2, 0.25) is 0 Å². The fourth-order valence-electron chi connectivity index (χ4n) is 0.975. The van der Waals surface area contributed by atoms with Crippen LogP contribution in [-0.4, -0.2) is 0 Å². The van der Waals surface area contributed by atoms with Crippen LogP contribution in [0.5, 0.6) is 0 Å². The molecule has 0 saturated carbocycles. The van der Waals surface area contributed by atoms with Gasteiger partial charge in [0.05, 0.1) is 9.79 Å². The Labute approximate surface area is 85.2 Å². The molecule has 0 fully saturated rings. The third-order valence-corrected chi connectivity index (χ3v) is 2.63. The van der Waals surface area contributed by atoms with Crippen molar-refractivity contribution in [2.45, 2.75) is 36.0 Å². The molecule has 12 heavy (non-hydrogen) atoms. The van der Waals surface area contributed by atoms with Gasteiger partial charge in [0.1, 0.15) is 0 Å². The zero-order valence-corrected chi connectivity index (χ0v) is 9.18. The first-order valence-corrected chi connectivity index (χ1v) is 4.71. The van der Waals surface area contributed by atoms with E-state index in [1.165, 1.54) is 5.56 Å². The Hall–Kier alpha value is -0.340. The van der Waals surface area contributed by atoms with E-state index in [0.29, 0.717) is 0 Å². The van der Waals surface area contributed by atoms with E-state index in [-0.39, 0.29) is 5.41 Å². The lowest BCUT2D eigenvalue weighted by atomic mass is 9.87. The van der Waals surface area contributed by atoms with Crippen LogP contribution >= 0.6 is 25.3 Å². The molecule has 2 radical (unpaired) electrons. The average Bonchev–Trinajstić information content (AvgIpc) is 1.92. The number of hydrogen-bond acceptors (Lipinski definition) is 0. The molecule has 1 aromatic rings. The fourth-order valence-corrected chi connectivity index (χ4v) is 1.30. The van der Waals surface area contributed by atoms with Gasteiger partial charge in [-0.1, -0.05) is 52.1 Å². The van der Waals surface area contributed by atoms with Crippen LogP contribution in [0.3, 0.4) is 0 Å². The molecule has 0 saturated heterocycles. The van der Waals surface area contributed by atoms with Gasteiger partial charge in [0, 0.05) is 0 Å². The van der Waals surface area contributed by atoms with Gasteiger partial charge in [-0.25, -0.2) is 0 Å².